The summed E-state index contributed by atoms with van der Waals surface area (Å²) in [4.78, 5) is 14.0. The molecule has 1 atom stereocenters. The number of hydrogen-bond donors (Lipinski definition) is 1. The maximum atomic E-state index is 13.4. The number of carbonyl (C=O) groups is 1. The van der Waals surface area contributed by atoms with E-state index in [0.29, 0.717) is 29.8 Å². The number of anilines is 1. The first kappa shape index (κ1) is 21.2. The van der Waals surface area contributed by atoms with Crippen LogP contribution in [0.5, 0.6) is 0 Å². The summed E-state index contributed by atoms with van der Waals surface area (Å²) >= 11 is 0. The number of sulfonamides is 1. The molecule has 1 N–H and O–H groups in total. The maximum absolute atomic E-state index is 13.4. The molecule has 0 unspecified atom stereocenters. The molecule has 1 aliphatic heterocycles. The minimum absolute atomic E-state index is 0.0389. The van der Waals surface area contributed by atoms with Crippen LogP contribution in [0.3, 0.4) is 0 Å². The molecule has 9 heteroatoms. The Morgan fingerprint density at radius 2 is 1.76 bits per heavy atom. The topological polar surface area (TPSA) is 69.7 Å². The maximum Gasteiger partial charge on any atom is 0.321 e. The lowest BCUT2D eigenvalue weighted by atomic mass is 10.1. The minimum atomic E-state index is -3.26. The Labute approximate surface area is 169 Å². The van der Waals surface area contributed by atoms with Crippen LogP contribution in [-0.4, -0.2) is 55.6 Å². The smallest absolute Gasteiger partial charge is 0.321 e. The lowest BCUT2D eigenvalue weighted by Gasteiger charge is -2.25. The van der Waals surface area contributed by atoms with Gasteiger partial charge in [-0.05, 0) is 48.7 Å². The second-order valence-electron chi connectivity index (χ2n) is 6.98. The normalized spacial score (nSPS) is 17.3. The molecule has 1 saturated heterocycles. The number of nitrogens with one attached hydrogen (secondary N) is 1. The molecule has 0 aliphatic carbocycles. The summed E-state index contributed by atoms with van der Waals surface area (Å²) in [6.45, 7) is 2.28. The average molecular weight is 423 g/mol. The van der Waals surface area contributed by atoms with Crippen LogP contribution in [0.25, 0.3) is 11.1 Å². The van der Waals surface area contributed by atoms with Crippen molar-refractivity contribution in [2.45, 2.75) is 19.4 Å². The fraction of sp³-hybridized carbons (Fsp3) is 0.350. The fourth-order valence-corrected chi connectivity index (χ4v) is 4.45. The summed E-state index contributed by atoms with van der Waals surface area (Å²) in [7, 11) is -1.63. The van der Waals surface area contributed by atoms with E-state index < -0.39 is 21.7 Å². The van der Waals surface area contributed by atoms with Gasteiger partial charge < -0.3 is 10.2 Å². The summed E-state index contributed by atoms with van der Waals surface area (Å²) in [6, 6.07) is 9.34. The van der Waals surface area contributed by atoms with E-state index in [4.69, 9.17) is 0 Å². The summed E-state index contributed by atoms with van der Waals surface area (Å²) in [6.07, 6.45) is 0.577. The van der Waals surface area contributed by atoms with Gasteiger partial charge in [0.05, 0.1) is 5.75 Å². The fourth-order valence-electron chi connectivity index (χ4n) is 3.31. The summed E-state index contributed by atoms with van der Waals surface area (Å²) in [5.74, 6) is -1.28. The van der Waals surface area contributed by atoms with Crippen LogP contribution in [0.4, 0.5) is 19.3 Å². The molecule has 6 nitrogen and oxygen atoms in total. The van der Waals surface area contributed by atoms with E-state index in [1.54, 1.807) is 38.2 Å². The predicted molar refractivity (Wildman–Crippen MR) is 108 cm³/mol. The van der Waals surface area contributed by atoms with Crippen molar-refractivity contribution in [1.29, 1.82) is 0 Å². The highest BCUT2D eigenvalue weighted by molar-refractivity contribution is 7.89. The molecule has 2 amide bonds. The number of amides is 2. The van der Waals surface area contributed by atoms with E-state index in [1.165, 1.54) is 21.3 Å². The number of carbonyl (C=O) groups excluding carboxylic acids is 1. The molecule has 1 aliphatic rings. The molecule has 0 spiro atoms. The predicted octanol–water partition coefficient (Wildman–Crippen LogP) is 3.52. The van der Waals surface area contributed by atoms with Gasteiger partial charge in [-0.3, -0.25) is 0 Å². The molecular weight excluding hydrogens is 400 g/mol. The zero-order valence-corrected chi connectivity index (χ0v) is 17.0. The zero-order chi connectivity index (χ0) is 21.2. The van der Waals surface area contributed by atoms with Crippen LogP contribution < -0.4 is 5.32 Å². The Morgan fingerprint density at radius 3 is 2.34 bits per heavy atom. The van der Waals surface area contributed by atoms with E-state index in [2.05, 4.69) is 5.32 Å². The van der Waals surface area contributed by atoms with Gasteiger partial charge in [-0.25, -0.2) is 22.0 Å². The highest BCUT2D eigenvalue weighted by Gasteiger charge is 2.33. The summed E-state index contributed by atoms with van der Waals surface area (Å²) in [5, 5.41) is 2.76. The first-order valence-corrected chi connectivity index (χ1v) is 10.9. The van der Waals surface area contributed by atoms with E-state index >= 15 is 0 Å². The lowest BCUT2D eigenvalue weighted by molar-refractivity contribution is 0.206. The molecular formula is C20H23F2N3O3S. The van der Waals surface area contributed by atoms with Crippen LogP contribution in [-0.2, 0) is 10.0 Å². The van der Waals surface area contributed by atoms with Gasteiger partial charge in [0.25, 0.3) is 0 Å². The highest BCUT2D eigenvalue weighted by Crippen LogP contribution is 2.24. The Kier molecular flexibility index (Phi) is 6.18. The zero-order valence-electron chi connectivity index (χ0n) is 16.2. The molecule has 0 radical (unpaired) electrons. The number of likely N-dealkylation sites (N-methyl/N-ethyl adjacent to an activating group) is 1. The molecule has 3 rings (SSSR count). The third kappa shape index (κ3) is 4.91. The van der Waals surface area contributed by atoms with Gasteiger partial charge in [-0.15, -0.1) is 0 Å². The summed E-state index contributed by atoms with van der Waals surface area (Å²) < 4.78 is 52.1. The van der Waals surface area contributed by atoms with Crippen LogP contribution in [0.2, 0.25) is 0 Å². The first-order valence-electron chi connectivity index (χ1n) is 9.28. The Balaban J connectivity index is 1.63. The standard InChI is InChI=1S/C20H23F2N3O3S/c1-3-29(27,28)25-9-8-19(13-25)24(2)20(26)23-18-6-4-14(5-7-18)15-10-16(21)12-17(22)11-15/h4-7,10-12,19H,3,8-9,13H2,1-2H3,(H,23,26)/t19-/m0/s1. The van der Waals surface area contributed by atoms with Crippen molar-refractivity contribution in [3.8, 4) is 11.1 Å². The molecule has 2 aromatic carbocycles. The number of rotatable bonds is 5. The van der Waals surface area contributed by atoms with E-state index in [0.717, 1.165) is 6.07 Å². The van der Waals surface area contributed by atoms with Crippen LogP contribution in [0.15, 0.2) is 42.5 Å². The van der Waals surface area contributed by atoms with Gasteiger partial charge in [0, 0.05) is 37.9 Å². The molecule has 1 heterocycles. The largest absolute Gasteiger partial charge is 0.323 e. The average Bonchev–Trinajstić information content (AvgIpc) is 3.18. The Bertz CT molecular complexity index is 976. The monoisotopic (exact) mass is 423 g/mol. The first-order chi connectivity index (χ1) is 13.7. The van der Waals surface area contributed by atoms with Gasteiger partial charge in [-0.1, -0.05) is 12.1 Å². The molecule has 0 aromatic heterocycles. The van der Waals surface area contributed by atoms with Crippen molar-refractivity contribution >= 4 is 21.7 Å². The molecule has 2 aromatic rings. The Hall–Kier alpha value is -2.52. The molecule has 0 saturated carbocycles. The number of halogens is 2. The van der Waals surface area contributed by atoms with E-state index in [1.807, 2.05) is 0 Å². The summed E-state index contributed by atoms with van der Waals surface area (Å²) in [5.41, 5.74) is 1.55. The second kappa shape index (κ2) is 8.46. The van der Waals surface area contributed by atoms with E-state index in [9.17, 15) is 22.0 Å². The van der Waals surface area contributed by atoms with Gasteiger partial charge >= 0.3 is 6.03 Å². The Morgan fingerprint density at radius 1 is 1.14 bits per heavy atom. The van der Waals surface area contributed by atoms with Crippen LogP contribution in [0.1, 0.15) is 13.3 Å². The quantitative estimate of drug-likeness (QED) is 0.800. The van der Waals surface area contributed by atoms with Crippen molar-refractivity contribution in [3.05, 3.63) is 54.1 Å². The molecule has 156 valence electrons. The van der Waals surface area contributed by atoms with Crippen molar-refractivity contribution in [1.82, 2.24) is 9.21 Å². The van der Waals surface area contributed by atoms with Gasteiger partial charge in [0.15, 0.2) is 0 Å². The van der Waals surface area contributed by atoms with Crippen LogP contribution >= 0.6 is 0 Å². The number of benzene rings is 2. The van der Waals surface area contributed by atoms with Crippen molar-refractivity contribution < 1.29 is 22.0 Å². The minimum Gasteiger partial charge on any atom is -0.323 e. The molecule has 0 bridgehead atoms. The number of urea groups is 1. The SMILES string of the molecule is CCS(=O)(=O)N1CC[C@H](N(C)C(=O)Nc2ccc(-c3cc(F)cc(F)c3)cc2)C1. The molecule has 29 heavy (non-hydrogen) atoms. The van der Waals surface area contributed by atoms with Crippen molar-refractivity contribution in [2.24, 2.45) is 0 Å². The van der Waals surface area contributed by atoms with Crippen LogP contribution in [0, 0.1) is 11.6 Å². The van der Waals surface area contributed by atoms with Gasteiger partial charge in [-0.2, -0.15) is 4.31 Å². The third-order valence-electron chi connectivity index (χ3n) is 5.08. The number of hydrogen-bond acceptors (Lipinski definition) is 3. The van der Waals surface area contributed by atoms with Gasteiger partial charge in [0.2, 0.25) is 10.0 Å². The number of nitrogens with zero attached hydrogens (tertiary/aromatic N) is 2. The van der Waals surface area contributed by atoms with Crippen molar-refractivity contribution in [3.63, 3.8) is 0 Å². The van der Waals surface area contributed by atoms with Gasteiger partial charge in [0.1, 0.15) is 11.6 Å². The third-order valence-corrected chi connectivity index (χ3v) is 6.93. The molecule has 1 fully saturated rings. The highest BCUT2D eigenvalue weighted by atomic mass is 32.2. The van der Waals surface area contributed by atoms with Crippen molar-refractivity contribution in [2.75, 3.05) is 31.2 Å². The lowest BCUT2D eigenvalue weighted by Crippen LogP contribution is -2.42. The van der Waals surface area contributed by atoms with E-state index in [-0.39, 0.29) is 24.4 Å². The second-order valence-corrected chi connectivity index (χ2v) is 9.24.